The van der Waals surface area contributed by atoms with Crippen molar-refractivity contribution in [1.82, 2.24) is 0 Å². The number of quaternary nitrogens is 1. The van der Waals surface area contributed by atoms with Gasteiger partial charge in [-0.2, -0.15) is 0 Å². The van der Waals surface area contributed by atoms with Gasteiger partial charge in [0.05, 0.1) is 10.6 Å². The molecular weight excluding hydrogens is 422 g/mol. The number of nitrogens with two attached hydrogens (primary N) is 1. The summed E-state index contributed by atoms with van der Waals surface area (Å²) in [5.41, 5.74) is 1.87. The van der Waals surface area contributed by atoms with Gasteiger partial charge in [0.1, 0.15) is 11.5 Å². The molecule has 22 heavy (non-hydrogen) atoms. The number of benzene rings is 2. The molecular formula is C15H13ClFIN2O2. The first-order valence-corrected chi connectivity index (χ1v) is 8.35. The van der Waals surface area contributed by atoms with Crippen molar-refractivity contribution >= 4 is 51.5 Å². The maximum absolute atomic E-state index is 13.1. The maximum atomic E-state index is 13.1. The second-order valence-electron chi connectivity index (χ2n) is 4.48. The number of hydrogen-bond acceptors (Lipinski definition) is 2. The van der Waals surface area contributed by atoms with Crippen molar-refractivity contribution in [2.24, 2.45) is 0 Å². The highest BCUT2D eigenvalue weighted by molar-refractivity contribution is 14.1. The molecule has 0 heterocycles. The average Bonchev–Trinajstić information content (AvgIpc) is 2.53. The van der Waals surface area contributed by atoms with Crippen molar-refractivity contribution in [2.45, 2.75) is 0 Å². The minimum Gasteiger partial charge on any atom is -0.630 e. The molecule has 0 unspecified atom stereocenters. The summed E-state index contributed by atoms with van der Waals surface area (Å²) in [6.07, 6.45) is 0. The molecule has 2 aromatic carbocycles. The van der Waals surface area contributed by atoms with Crippen LogP contribution in [0.3, 0.4) is 0 Å². The van der Waals surface area contributed by atoms with E-state index in [0.29, 0.717) is 27.8 Å². The van der Waals surface area contributed by atoms with Crippen LogP contribution in [0.2, 0.25) is 5.02 Å². The van der Waals surface area contributed by atoms with Gasteiger partial charge in [0.15, 0.2) is 0 Å². The smallest absolute Gasteiger partial charge is 0.260 e. The van der Waals surface area contributed by atoms with Gasteiger partial charge < -0.3 is 15.6 Å². The Labute approximate surface area is 146 Å². The number of nitrogens with zero attached hydrogens (tertiary/aromatic N) is 1. The highest BCUT2D eigenvalue weighted by atomic mass is 127. The van der Waals surface area contributed by atoms with Gasteiger partial charge in [0.2, 0.25) is 0 Å². The molecule has 116 valence electrons. The van der Waals surface area contributed by atoms with Crippen LogP contribution in [0, 0.1) is 11.0 Å². The first-order chi connectivity index (χ1) is 10.6. The minimum absolute atomic E-state index is 0.250. The van der Waals surface area contributed by atoms with E-state index in [0.717, 1.165) is 0 Å². The van der Waals surface area contributed by atoms with Crippen LogP contribution in [-0.4, -0.2) is 16.9 Å². The molecule has 0 atom stereocenters. The Morgan fingerprint density at radius 2 is 1.95 bits per heavy atom. The van der Waals surface area contributed by atoms with Crippen molar-refractivity contribution in [1.29, 1.82) is 0 Å². The van der Waals surface area contributed by atoms with Crippen LogP contribution < -0.4 is 10.4 Å². The van der Waals surface area contributed by atoms with E-state index in [-0.39, 0.29) is 22.3 Å². The summed E-state index contributed by atoms with van der Waals surface area (Å²) in [4.78, 5) is 14.3. The van der Waals surface area contributed by atoms with E-state index in [1.165, 1.54) is 41.3 Å². The molecule has 0 aliphatic rings. The van der Waals surface area contributed by atoms with E-state index in [4.69, 9.17) is 11.6 Å². The molecule has 0 spiro atoms. The van der Waals surface area contributed by atoms with Crippen LogP contribution in [0.4, 0.5) is 15.8 Å². The number of anilines is 1. The number of halogens is 3. The summed E-state index contributed by atoms with van der Waals surface area (Å²) >= 11 is 8.23. The van der Waals surface area contributed by atoms with Crippen LogP contribution in [0.15, 0.2) is 42.5 Å². The lowest BCUT2D eigenvalue weighted by Crippen LogP contribution is -2.70. The Balaban J connectivity index is 2.40. The highest BCUT2D eigenvalue weighted by Gasteiger charge is 2.20. The number of carbonyl (C=O) groups is 1. The van der Waals surface area contributed by atoms with Gasteiger partial charge in [-0.05, 0) is 30.3 Å². The number of amides is 1. The van der Waals surface area contributed by atoms with Crippen molar-refractivity contribution in [2.75, 3.05) is 15.9 Å². The van der Waals surface area contributed by atoms with Crippen LogP contribution >= 0.6 is 34.2 Å². The molecule has 0 aliphatic heterocycles. The fraction of sp³-hybridized carbons (Fsp3) is 0.133. The SMILES string of the molecule is O=C(c1cc([NH2+][O-])ccc1Cl)N(CCI)c1ccc(F)cc1. The molecule has 0 radical (unpaired) electrons. The monoisotopic (exact) mass is 434 g/mol. The Kier molecular flexibility index (Phi) is 6.13. The third-order valence-corrected chi connectivity index (χ3v) is 3.86. The topological polar surface area (TPSA) is 60.0 Å². The standard InChI is InChI=1S/C15H13ClFIN2O2/c16-14-6-3-11(19-22)9-13(14)15(21)20(8-7-18)12-4-1-10(17)2-5-12/h1-6,9H,7-8,19H2. The summed E-state index contributed by atoms with van der Waals surface area (Å²) in [5.74, 6) is -0.691. The van der Waals surface area contributed by atoms with E-state index >= 15 is 0 Å². The normalized spacial score (nSPS) is 10.5. The average molecular weight is 435 g/mol. The van der Waals surface area contributed by atoms with Gasteiger partial charge in [0.25, 0.3) is 5.91 Å². The second-order valence-corrected chi connectivity index (χ2v) is 5.97. The molecule has 2 rings (SSSR count). The zero-order valence-corrected chi connectivity index (χ0v) is 14.3. The van der Waals surface area contributed by atoms with Crippen LogP contribution in [-0.2, 0) is 0 Å². The Morgan fingerprint density at radius 1 is 1.27 bits per heavy atom. The third-order valence-electron chi connectivity index (χ3n) is 3.05. The van der Waals surface area contributed by atoms with E-state index in [1.807, 2.05) is 0 Å². The summed E-state index contributed by atoms with van der Waals surface area (Å²) in [5, 5.41) is 11.2. The van der Waals surface area contributed by atoms with E-state index < -0.39 is 0 Å². The zero-order valence-electron chi connectivity index (χ0n) is 11.4. The predicted octanol–water partition coefficient (Wildman–Crippen LogP) is 3.25. The van der Waals surface area contributed by atoms with Crippen molar-refractivity contribution in [3.63, 3.8) is 0 Å². The Bertz CT molecular complexity index is 667. The number of carbonyl (C=O) groups excluding carboxylic acids is 1. The second kappa shape index (κ2) is 7.87. The number of rotatable bonds is 5. The molecule has 7 heteroatoms. The summed E-state index contributed by atoms with van der Waals surface area (Å²) < 4.78 is 13.8. The quantitative estimate of drug-likeness (QED) is 0.340. The summed E-state index contributed by atoms with van der Waals surface area (Å²) in [6.45, 7) is 0.451. The molecule has 1 amide bonds. The maximum Gasteiger partial charge on any atom is 0.260 e. The lowest BCUT2D eigenvalue weighted by atomic mass is 10.1. The fourth-order valence-electron chi connectivity index (χ4n) is 1.98. The largest absolute Gasteiger partial charge is 0.630 e. The molecule has 2 N–H and O–H groups in total. The minimum atomic E-state index is -0.369. The molecule has 0 fully saturated rings. The van der Waals surface area contributed by atoms with Crippen molar-refractivity contribution < 1.29 is 14.7 Å². The fourth-order valence-corrected chi connectivity index (χ4v) is 2.66. The Morgan fingerprint density at radius 3 is 2.55 bits per heavy atom. The number of alkyl halides is 1. The molecule has 0 aliphatic carbocycles. The van der Waals surface area contributed by atoms with Crippen molar-refractivity contribution in [3.05, 3.63) is 64.1 Å². The lowest BCUT2D eigenvalue weighted by molar-refractivity contribution is -0.497. The van der Waals surface area contributed by atoms with Gasteiger partial charge in [-0.15, -0.1) is 0 Å². The van der Waals surface area contributed by atoms with E-state index in [9.17, 15) is 14.4 Å². The highest BCUT2D eigenvalue weighted by Crippen LogP contribution is 2.24. The van der Waals surface area contributed by atoms with Gasteiger partial charge >= 0.3 is 0 Å². The molecule has 0 saturated carbocycles. The first kappa shape index (κ1) is 17.1. The molecule has 4 nitrogen and oxygen atoms in total. The van der Waals surface area contributed by atoms with Gasteiger partial charge in [0, 0.05) is 28.8 Å². The van der Waals surface area contributed by atoms with Gasteiger partial charge in [-0.1, -0.05) is 34.2 Å². The zero-order chi connectivity index (χ0) is 16.1. The molecule has 0 bridgehead atoms. The van der Waals surface area contributed by atoms with Crippen LogP contribution in [0.1, 0.15) is 10.4 Å². The molecule has 2 aromatic rings. The number of hydrogen-bond donors (Lipinski definition) is 1. The van der Waals surface area contributed by atoms with Crippen LogP contribution in [0.5, 0.6) is 0 Å². The molecule has 0 aromatic heterocycles. The van der Waals surface area contributed by atoms with Gasteiger partial charge in [-0.25, -0.2) is 4.39 Å². The van der Waals surface area contributed by atoms with E-state index in [1.54, 1.807) is 6.07 Å². The third kappa shape index (κ3) is 3.95. The van der Waals surface area contributed by atoms with Crippen LogP contribution in [0.25, 0.3) is 0 Å². The summed E-state index contributed by atoms with van der Waals surface area (Å²) in [6, 6.07) is 10.2. The van der Waals surface area contributed by atoms with Crippen molar-refractivity contribution in [3.8, 4) is 0 Å². The van der Waals surface area contributed by atoms with Gasteiger partial charge in [-0.3, -0.25) is 4.79 Å². The van der Waals surface area contributed by atoms with E-state index in [2.05, 4.69) is 22.6 Å². The Hall–Kier alpha value is -1.22. The lowest BCUT2D eigenvalue weighted by Gasteiger charge is -2.22. The first-order valence-electron chi connectivity index (χ1n) is 6.45. The summed E-state index contributed by atoms with van der Waals surface area (Å²) in [7, 11) is 0. The predicted molar refractivity (Wildman–Crippen MR) is 93.4 cm³/mol. The molecule has 0 saturated heterocycles.